The molecule has 1 atom stereocenters. The van der Waals surface area contributed by atoms with Crippen LogP contribution in [-0.2, 0) is 20.7 Å². The van der Waals surface area contributed by atoms with E-state index in [0.717, 1.165) is 70.6 Å². The smallest absolute Gasteiger partial charge is 0.256 e. The Labute approximate surface area is 180 Å². The highest BCUT2D eigenvalue weighted by atomic mass is 16.5. The second-order valence-corrected chi connectivity index (χ2v) is 8.47. The van der Waals surface area contributed by atoms with Crippen molar-refractivity contribution in [2.45, 2.75) is 31.5 Å². The molecule has 0 spiro atoms. The minimum absolute atomic E-state index is 0.0903. The quantitative estimate of drug-likeness (QED) is 0.704. The van der Waals surface area contributed by atoms with E-state index in [0.29, 0.717) is 13.2 Å². The average molecular weight is 412 g/mol. The zero-order valence-electron chi connectivity index (χ0n) is 18.0. The molecule has 4 rings (SSSR count). The Bertz CT molecular complexity index is 771. The zero-order valence-corrected chi connectivity index (χ0v) is 18.0. The van der Waals surface area contributed by atoms with Crippen LogP contribution in [0.5, 0.6) is 0 Å². The molecular formula is C24H33N3O3. The molecule has 0 aliphatic carbocycles. The number of fused-ring (bicyclic) bond motifs is 1. The number of ether oxygens (including phenoxy) is 2. The van der Waals surface area contributed by atoms with E-state index in [9.17, 15) is 4.79 Å². The summed E-state index contributed by atoms with van der Waals surface area (Å²) >= 11 is 0. The highest BCUT2D eigenvalue weighted by Crippen LogP contribution is 2.29. The summed E-state index contributed by atoms with van der Waals surface area (Å²) in [6.07, 6.45) is 2.34. The van der Waals surface area contributed by atoms with Gasteiger partial charge in [-0.1, -0.05) is 36.1 Å². The summed E-state index contributed by atoms with van der Waals surface area (Å²) < 4.78 is 11.8. The molecule has 1 aromatic rings. The van der Waals surface area contributed by atoms with Gasteiger partial charge in [0.1, 0.15) is 6.61 Å². The summed E-state index contributed by atoms with van der Waals surface area (Å²) in [5.74, 6) is 6.49. The number of piperazine rings is 1. The van der Waals surface area contributed by atoms with Crippen LogP contribution >= 0.6 is 0 Å². The van der Waals surface area contributed by atoms with Crippen molar-refractivity contribution in [2.24, 2.45) is 0 Å². The minimum Gasteiger partial charge on any atom is -0.365 e. The van der Waals surface area contributed by atoms with Crippen LogP contribution in [0.2, 0.25) is 0 Å². The van der Waals surface area contributed by atoms with Crippen LogP contribution in [0.1, 0.15) is 30.1 Å². The van der Waals surface area contributed by atoms with Gasteiger partial charge >= 0.3 is 0 Å². The maximum atomic E-state index is 13.0. The summed E-state index contributed by atoms with van der Waals surface area (Å²) in [4.78, 5) is 19.7. The predicted octanol–water partition coefficient (Wildman–Crippen LogP) is 1.56. The van der Waals surface area contributed by atoms with E-state index in [2.05, 4.69) is 34.8 Å². The summed E-state index contributed by atoms with van der Waals surface area (Å²) in [5, 5.41) is 0. The fourth-order valence-electron chi connectivity index (χ4n) is 4.39. The molecule has 0 aromatic heterocycles. The number of likely N-dealkylation sites (tertiary alicyclic amines) is 1. The Balaban J connectivity index is 1.18. The van der Waals surface area contributed by atoms with E-state index in [4.69, 9.17) is 9.47 Å². The first-order chi connectivity index (χ1) is 14.7. The van der Waals surface area contributed by atoms with Gasteiger partial charge in [0.15, 0.2) is 6.10 Å². The molecule has 3 aliphatic rings. The normalized spacial score (nSPS) is 23.5. The number of benzene rings is 1. The summed E-state index contributed by atoms with van der Waals surface area (Å²) in [7, 11) is 2.16. The van der Waals surface area contributed by atoms with Crippen LogP contribution in [0.3, 0.4) is 0 Å². The van der Waals surface area contributed by atoms with Crippen molar-refractivity contribution in [1.82, 2.24) is 14.7 Å². The number of hydrogen-bond donors (Lipinski definition) is 0. The third-order valence-electron chi connectivity index (χ3n) is 6.39. The fourth-order valence-corrected chi connectivity index (χ4v) is 4.39. The van der Waals surface area contributed by atoms with E-state index in [-0.39, 0.29) is 12.0 Å². The van der Waals surface area contributed by atoms with Crippen LogP contribution in [0.4, 0.5) is 0 Å². The molecule has 0 bridgehead atoms. The molecule has 0 radical (unpaired) electrons. The number of carbonyl (C=O) groups excluding carboxylic acids is 1. The van der Waals surface area contributed by atoms with E-state index in [1.165, 1.54) is 5.56 Å². The van der Waals surface area contributed by atoms with E-state index in [1.807, 2.05) is 23.1 Å². The Hall–Kier alpha value is -1.91. The van der Waals surface area contributed by atoms with Gasteiger partial charge in [0.25, 0.3) is 5.91 Å². The van der Waals surface area contributed by atoms with Gasteiger partial charge < -0.3 is 19.3 Å². The van der Waals surface area contributed by atoms with Gasteiger partial charge in [0.05, 0.1) is 19.3 Å². The van der Waals surface area contributed by atoms with Crippen LogP contribution < -0.4 is 0 Å². The standard InChI is InChI=1S/C24H33N3O3/c1-25-14-16-26(17-15-25)11-4-5-18-29-21-8-12-27(13-9-21)24(28)23-22-7-3-2-6-20(22)10-19-30-23/h2-3,6-7,21,23H,8-19H2,1H3. The number of hydrogen-bond acceptors (Lipinski definition) is 5. The van der Waals surface area contributed by atoms with Crippen molar-refractivity contribution >= 4 is 5.91 Å². The monoisotopic (exact) mass is 411 g/mol. The second-order valence-electron chi connectivity index (χ2n) is 8.47. The molecule has 6 nitrogen and oxygen atoms in total. The number of amides is 1. The maximum absolute atomic E-state index is 13.0. The molecule has 162 valence electrons. The van der Waals surface area contributed by atoms with Crippen molar-refractivity contribution in [2.75, 3.05) is 66.1 Å². The van der Waals surface area contributed by atoms with Gasteiger partial charge in [-0.15, -0.1) is 0 Å². The highest BCUT2D eigenvalue weighted by molar-refractivity contribution is 5.83. The molecule has 6 heteroatoms. The Morgan fingerprint density at radius 3 is 2.67 bits per heavy atom. The molecule has 3 aliphatic heterocycles. The molecule has 0 N–H and O–H groups in total. The lowest BCUT2D eigenvalue weighted by molar-refractivity contribution is -0.147. The minimum atomic E-state index is -0.451. The highest BCUT2D eigenvalue weighted by Gasteiger charge is 2.33. The lowest BCUT2D eigenvalue weighted by atomic mass is 9.96. The Morgan fingerprint density at radius 2 is 1.87 bits per heavy atom. The van der Waals surface area contributed by atoms with Gasteiger partial charge in [-0.3, -0.25) is 9.69 Å². The number of piperidine rings is 1. The fraction of sp³-hybridized carbons (Fsp3) is 0.625. The topological polar surface area (TPSA) is 45.2 Å². The van der Waals surface area contributed by atoms with Crippen molar-refractivity contribution < 1.29 is 14.3 Å². The predicted molar refractivity (Wildman–Crippen MR) is 116 cm³/mol. The number of likely N-dealkylation sites (N-methyl/N-ethyl adjacent to an activating group) is 1. The molecule has 2 fully saturated rings. The van der Waals surface area contributed by atoms with Gasteiger partial charge in [0.2, 0.25) is 0 Å². The van der Waals surface area contributed by atoms with Crippen molar-refractivity contribution in [1.29, 1.82) is 0 Å². The third kappa shape index (κ3) is 5.41. The van der Waals surface area contributed by atoms with Crippen LogP contribution in [-0.4, -0.2) is 92.8 Å². The molecule has 1 aromatic carbocycles. The summed E-state index contributed by atoms with van der Waals surface area (Å²) in [6, 6.07) is 8.14. The van der Waals surface area contributed by atoms with Crippen molar-refractivity contribution in [3.8, 4) is 11.8 Å². The van der Waals surface area contributed by atoms with Gasteiger partial charge in [-0.25, -0.2) is 0 Å². The first kappa shape index (κ1) is 21.3. The Kier molecular flexibility index (Phi) is 7.40. The Morgan fingerprint density at radius 1 is 1.10 bits per heavy atom. The first-order valence-electron chi connectivity index (χ1n) is 11.2. The first-order valence-corrected chi connectivity index (χ1v) is 11.2. The average Bonchev–Trinajstić information content (AvgIpc) is 2.80. The molecule has 0 saturated carbocycles. The molecule has 1 amide bonds. The summed E-state index contributed by atoms with van der Waals surface area (Å²) in [5.41, 5.74) is 2.26. The largest absolute Gasteiger partial charge is 0.365 e. The van der Waals surface area contributed by atoms with E-state index < -0.39 is 6.10 Å². The van der Waals surface area contributed by atoms with Crippen LogP contribution in [0.15, 0.2) is 24.3 Å². The van der Waals surface area contributed by atoms with Crippen LogP contribution in [0, 0.1) is 11.8 Å². The third-order valence-corrected chi connectivity index (χ3v) is 6.39. The lowest BCUT2D eigenvalue weighted by Gasteiger charge is -2.35. The SMILES string of the molecule is CN1CCN(CC#CCOC2CCN(C(=O)C3OCCc4ccccc43)CC2)CC1. The maximum Gasteiger partial charge on any atom is 0.256 e. The van der Waals surface area contributed by atoms with E-state index >= 15 is 0 Å². The summed E-state index contributed by atoms with van der Waals surface area (Å²) in [6.45, 7) is 7.78. The van der Waals surface area contributed by atoms with Crippen LogP contribution in [0.25, 0.3) is 0 Å². The van der Waals surface area contributed by atoms with Gasteiger partial charge in [-0.2, -0.15) is 0 Å². The molecule has 30 heavy (non-hydrogen) atoms. The number of carbonyl (C=O) groups is 1. The number of rotatable bonds is 4. The molecule has 1 unspecified atom stereocenters. The zero-order chi connectivity index (χ0) is 20.8. The van der Waals surface area contributed by atoms with Crippen molar-refractivity contribution in [3.05, 3.63) is 35.4 Å². The van der Waals surface area contributed by atoms with Gasteiger partial charge in [-0.05, 0) is 37.4 Å². The lowest BCUT2D eigenvalue weighted by Crippen LogP contribution is -2.44. The van der Waals surface area contributed by atoms with Gasteiger partial charge in [0, 0.05) is 39.3 Å². The molecule has 2 saturated heterocycles. The number of nitrogens with zero attached hydrogens (tertiary/aromatic N) is 3. The molecular weight excluding hydrogens is 378 g/mol. The van der Waals surface area contributed by atoms with Crippen molar-refractivity contribution in [3.63, 3.8) is 0 Å². The molecule has 3 heterocycles. The second kappa shape index (κ2) is 10.4. The van der Waals surface area contributed by atoms with E-state index in [1.54, 1.807) is 0 Å².